The van der Waals surface area contributed by atoms with Gasteiger partial charge in [-0.3, -0.25) is 0 Å². The van der Waals surface area contributed by atoms with Crippen molar-refractivity contribution in [2.75, 3.05) is 19.5 Å². The van der Waals surface area contributed by atoms with Gasteiger partial charge in [0.25, 0.3) is 0 Å². The fourth-order valence-corrected chi connectivity index (χ4v) is 2.18. The summed E-state index contributed by atoms with van der Waals surface area (Å²) < 4.78 is 12.0. The van der Waals surface area contributed by atoms with E-state index in [0.717, 1.165) is 15.9 Å². The van der Waals surface area contributed by atoms with Crippen LogP contribution in [0.15, 0.2) is 41.0 Å². The van der Waals surface area contributed by atoms with Gasteiger partial charge >= 0.3 is 0 Å². The maximum Gasteiger partial charge on any atom is 0.175 e. The number of pyridine rings is 1. The van der Waals surface area contributed by atoms with Crippen LogP contribution in [0.5, 0.6) is 11.5 Å². The molecular weight excluding hydrogens is 308 g/mol. The van der Waals surface area contributed by atoms with Crippen molar-refractivity contribution in [2.45, 2.75) is 6.61 Å². The smallest absolute Gasteiger partial charge is 0.175 e. The van der Waals surface area contributed by atoms with E-state index in [9.17, 15) is 0 Å². The minimum atomic E-state index is 0.420. The Morgan fingerprint density at radius 3 is 2.84 bits per heavy atom. The van der Waals surface area contributed by atoms with E-state index in [1.165, 1.54) is 0 Å². The van der Waals surface area contributed by atoms with Crippen LogP contribution in [-0.2, 0) is 6.61 Å². The van der Waals surface area contributed by atoms with Gasteiger partial charge in [0, 0.05) is 18.8 Å². The number of rotatable bonds is 5. The van der Waals surface area contributed by atoms with Crippen LogP contribution in [0, 0.1) is 0 Å². The molecule has 0 saturated carbocycles. The number of benzene rings is 1. The Hall–Kier alpha value is -1.75. The Morgan fingerprint density at radius 1 is 1.26 bits per heavy atom. The summed E-state index contributed by atoms with van der Waals surface area (Å²) in [6.45, 7) is 0.420. The number of para-hydroxylation sites is 1. The van der Waals surface area contributed by atoms with Crippen molar-refractivity contribution in [3.05, 3.63) is 46.6 Å². The molecule has 2 rings (SSSR count). The highest BCUT2D eigenvalue weighted by molar-refractivity contribution is 9.10. The lowest BCUT2D eigenvalue weighted by Crippen LogP contribution is -2.03. The van der Waals surface area contributed by atoms with Crippen molar-refractivity contribution < 1.29 is 9.47 Å². The molecule has 0 aliphatic rings. The topological polar surface area (TPSA) is 43.4 Å². The van der Waals surface area contributed by atoms with Crippen molar-refractivity contribution in [1.82, 2.24) is 4.98 Å². The monoisotopic (exact) mass is 322 g/mol. The molecule has 0 spiro atoms. The Morgan fingerprint density at radius 2 is 2.11 bits per heavy atom. The van der Waals surface area contributed by atoms with E-state index in [2.05, 4.69) is 26.2 Å². The van der Waals surface area contributed by atoms with Gasteiger partial charge in [-0.05, 0) is 34.1 Å². The van der Waals surface area contributed by atoms with Gasteiger partial charge < -0.3 is 14.8 Å². The summed E-state index contributed by atoms with van der Waals surface area (Å²) in [7, 11) is 3.46. The second-order valence-electron chi connectivity index (χ2n) is 3.82. The predicted octanol–water partition coefficient (Wildman–Crippen LogP) is 3.47. The third kappa shape index (κ3) is 3.17. The number of aromatic nitrogens is 1. The van der Waals surface area contributed by atoms with Crippen LogP contribution >= 0.6 is 15.9 Å². The zero-order valence-corrected chi connectivity index (χ0v) is 12.4. The molecule has 0 unspecified atom stereocenters. The number of nitrogens with one attached hydrogen (secondary N) is 1. The summed E-state index contributed by atoms with van der Waals surface area (Å²) in [5.74, 6) is 2.20. The third-order valence-electron chi connectivity index (χ3n) is 2.65. The molecule has 0 radical (unpaired) electrons. The maximum absolute atomic E-state index is 5.84. The Bertz CT molecular complexity index is 561. The highest BCUT2D eigenvalue weighted by atomic mass is 79.9. The van der Waals surface area contributed by atoms with E-state index in [-0.39, 0.29) is 0 Å². The van der Waals surface area contributed by atoms with Crippen LogP contribution < -0.4 is 14.8 Å². The zero-order chi connectivity index (χ0) is 13.7. The van der Waals surface area contributed by atoms with Crippen LogP contribution in [0.2, 0.25) is 0 Å². The van der Waals surface area contributed by atoms with Crippen LogP contribution in [0.3, 0.4) is 0 Å². The number of methoxy groups -OCH3 is 1. The number of hydrogen-bond acceptors (Lipinski definition) is 4. The van der Waals surface area contributed by atoms with Crippen LogP contribution in [0.1, 0.15) is 5.56 Å². The molecule has 0 bridgehead atoms. The average molecular weight is 323 g/mol. The van der Waals surface area contributed by atoms with Crippen molar-refractivity contribution in [3.8, 4) is 11.5 Å². The van der Waals surface area contributed by atoms with Gasteiger partial charge in [0.2, 0.25) is 0 Å². The van der Waals surface area contributed by atoms with Crippen LogP contribution in [-0.4, -0.2) is 19.1 Å². The van der Waals surface area contributed by atoms with E-state index < -0.39 is 0 Å². The summed E-state index contributed by atoms with van der Waals surface area (Å²) >= 11 is 3.46. The Kier molecular flexibility index (Phi) is 4.63. The lowest BCUT2D eigenvalue weighted by atomic mass is 10.2. The first-order chi connectivity index (χ1) is 9.26. The Balaban J connectivity index is 2.19. The van der Waals surface area contributed by atoms with E-state index >= 15 is 0 Å². The number of nitrogens with zero attached hydrogens (tertiary/aromatic N) is 1. The van der Waals surface area contributed by atoms with Crippen LogP contribution in [0.4, 0.5) is 5.82 Å². The summed E-state index contributed by atoms with van der Waals surface area (Å²) in [4.78, 5) is 4.24. The van der Waals surface area contributed by atoms with Crippen molar-refractivity contribution in [1.29, 1.82) is 0 Å². The summed E-state index contributed by atoms with van der Waals surface area (Å²) in [6.07, 6.45) is 1.74. The first-order valence-corrected chi connectivity index (χ1v) is 6.62. The molecule has 1 aromatic carbocycles. The van der Waals surface area contributed by atoms with Gasteiger partial charge in [-0.1, -0.05) is 12.1 Å². The first-order valence-electron chi connectivity index (χ1n) is 5.83. The average Bonchev–Trinajstić information content (AvgIpc) is 2.46. The van der Waals surface area contributed by atoms with Crippen LogP contribution in [0.25, 0.3) is 0 Å². The first kappa shape index (κ1) is 13.7. The fraction of sp³-hybridized carbons (Fsp3) is 0.214. The van der Waals surface area contributed by atoms with E-state index in [0.29, 0.717) is 18.1 Å². The normalized spacial score (nSPS) is 10.1. The fourth-order valence-electron chi connectivity index (χ4n) is 1.72. The molecule has 19 heavy (non-hydrogen) atoms. The summed E-state index contributed by atoms with van der Waals surface area (Å²) in [6, 6.07) is 9.54. The van der Waals surface area contributed by atoms with Gasteiger partial charge in [0.05, 0.1) is 11.6 Å². The molecule has 4 nitrogen and oxygen atoms in total. The lowest BCUT2D eigenvalue weighted by Gasteiger charge is -2.13. The van der Waals surface area contributed by atoms with Gasteiger partial charge in [-0.25, -0.2) is 4.98 Å². The third-order valence-corrected chi connectivity index (χ3v) is 3.28. The van der Waals surface area contributed by atoms with E-state index in [1.54, 1.807) is 13.3 Å². The highest BCUT2D eigenvalue weighted by Crippen LogP contribution is 2.35. The molecule has 0 saturated heterocycles. The van der Waals surface area contributed by atoms with Gasteiger partial charge in [-0.2, -0.15) is 0 Å². The van der Waals surface area contributed by atoms with E-state index in [4.69, 9.17) is 9.47 Å². The second-order valence-corrected chi connectivity index (χ2v) is 4.68. The molecule has 0 aliphatic heterocycles. The molecular formula is C14H15BrN2O2. The molecule has 0 atom stereocenters. The van der Waals surface area contributed by atoms with E-state index in [1.807, 2.05) is 37.4 Å². The molecule has 0 aliphatic carbocycles. The standard InChI is InChI=1S/C14H15BrN2O2/c1-16-14-10(5-4-8-17-14)9-19-13-11(15)6-3-7-12(13)18-2/h3-8H,9H2,1-2H3,(H,16,17). The van der Waals surface area contributed by atoms with Crippen molar-refractivity contribution >= 4 is 21.7 Å². The van der Waals surface area contributed by atoms with Gasteiger partial charge in [-0.15, -0.1) is 0 Å². The molecule has 2 aromatic rings. The SMILES string of the molecule is CNc1ncccc1COc1c(Br)cccc1OC. The van der Waals surface area contributed by atoms with Gasteiger partial charge in [0.15, 0.2) is 11.5 Å². The quantitative estimate of drug-likeness (QED) is 0.915. The second kappa shape index (κ2) is 6.43. The molecule has 1 heterocycles. The summed E-state index contributed by atoms with van der Waals surface area (Å²) in [5.41, 5.74) is 0.989. The maximum atomic E-state index is 5.84. The lowest BCUT2D eigenvalue weighted by molar-refractivity contribution is 0.283. The minimum absolute atomic E-state index is 0.420. The molecule has 1 N–H and O–H groups in total. The minimum Gasteiger partial charge on any atom is -0.493 e. The molecule has 0 amide bonds. The largest absolute Gasteiger partial charge is 0.493 e. The van der Waals surface area contributed by atoms with Crippen molar-refractivity contribution in [3.63, 3.8) is 0 Å². The molecule has 1 aromatic heterocycles. The number of halogens is 1. The number of hydrogen-bond donors (Lipinski definition) is 1. The predicted molar refractivity (Wildman–Crippen MR) is 78.8 cm³/mol. The molecule has 5 heteroatoms. The zero-order valence-electron chi connectivity index (χ0n) is 10.8. The van der Waals surface area contributed by atoms with Crippen molar-refractivity contribution in [2.24, 2.45) is 0 Å². The molecule has 0 fully saturated rings. The number of ether oxygens (including phenoxy) is 2. The Labute approximate surface area is 120 Å². The summed E-state index contributed by atoms with van der Waals surface area (Å²) in [5, 5.41) is 3.04. The van der Waals surface area contributed by atoms with Gasteiger partial charge in [0.1, 0.15) is 12.4 Å². The highest BCUT2D eigenvalue weighted by Gasteiger charge is 2.10. The number of anilines is 1. The molecule has 100 valence electrons.